The zero-order valence-electron chi connectivity index (χ0n) is 21.8. The summed E-state index contributed by atoms with van der Waals surface area (Å²) in [4.78, 5) is 23.7. The highest BCUT2D eigenvalue weighted by molar-refractivity contribution is 7.91. The fourth-order valence-corrected chi connectivity index (χ4v) is 5.89. The highest BCUT2D eigenvalue weighted by atomic mass is 32.2. The summed E-state index contributed by atoms with van der Waals surface area (Å²) in [6, 6.07) is 11.5. The van der Waals surface area contributed by atoms with E-state index in [2.05, 4.69) is 16.0 Å². The molecule has 12 heteroatoms. The van der Waals surface area contributed by atoms with Gasteiger partial charge in [0.05, 0.1) is 34.1 Å². The normalized spacial score (nSPS) is 15.4. The van der Waals surface area contributed by atoms with E-state index in [0.29, 0.717) is 36.0 Å². The van der Waals surface area contributed by atoms with Crippen LogP contribution in [0.25, 0.3) is 16.6 Å². The molecule has 40 heavy (non-hydrogen) atoms. The van der Waals surface area contributed by atoms with Gasteiger partial charge < -0.3 is 9.30 Å². The number of nitrogens with one attached hydrogen (secondary N) is 1. The Morgan fingerprint density at radius 3 is 2.85 bits per heavy atom. The van der Waals surface area contributed by atoms with Crippen LogP contribution in [0.3, 0.4) is 0 Å². The van der Waals surface area contributed by atoms with Gasteiger partial charge in [0.1, 0.15) is 24.5 Å². The second kappa shape index (κ2) is 11.7. The molecule has 3 heterocycles. The number of thiazole rings is 1. The van der Waals surface area contributed by atoms with Gasteiger partial charge in [-0.2, -0.15) is 5.26 Å². The molecule has 206 valence electrons. The lowest BCUT2D eigenvalue weighted by atomic mass is 10.1. The van der Waals surface area contributed by atoms with Gasteiger partial charge in [0.25, 0.3) is 5.19 Å². The Morgan fingerprint density at radius 1 is 1.30 bits per heavy atom. The molecule has 1 aliphatic heterocycles. The first-order valence-electron chi connectivity index (χ1n) is 12.6. The molecule has 0 amide bonds. The number of imidazole rings is 1. The molecule has 2 aromatic carbocycles. The third kappa shape index (κ3) is 6.44. The predicted octanol–water partition coefficient (Wildman–Crippen LogP) is 4.86. The van der Waals surface area contributed by atoms with Crippen LogP contribution in [0.4, 0.5) is 4.39 Å². The Bertz CT molecular complexity index is 1750. The molecule has 9 nitrogen and oxygen atoms in total. The molecular weight excluding hydrogens is 551 g/mol. The number of aromatic nitrogens is 3. The number of ether oxygens (including phenoxy) is 1. The van der Waals surface area contributed by atoms with Crippen LogP contribution in [0, 0.1) is 21.9 Å². The van der Waals surface area contributed by atoms with Gasteiger partial charge in [-0.25, -0.2) is 14.4 Å². The predicted molar refractivity (Wildman–Crippen MR) is 152 cm³/mol. The van der Waals surface area contributed by atoms with Crippen molar-refractivity contribution in [2.24, 2.45) is 0 Å². The van der Waals surface area contributed by atoms with Gasteiger partial charge in [-0.15, -0.1) is 0 Å². The molecular formula is C28H27FN6O3S2. The number of carbonyl (C=O) groups is 1. The number of rotatable bonds is 10. The van der Waals surface area contributed by atoms with Gasteiger partial charge in [-0.3, -0.25) is 18.7 Å². The van der Waals surface area contributed by atoms with Crippen molar-refractivity contribution in [2.75, 3.05) is 25.1 Å². The molecule has 0 saturated carbocycles. The molecule has 0 radical (unpaired) electrons. The van der Waals surface area contributed by atoms with Crippen LogP contribution >= 0.6 is 11.3 Å². The Kier molecular flexibility index (Phi) is 8.07. The zero-order chi connectivity index (χ0) is 28.3. The van der Waals surface area contributed by atoms with E-state index in [1.165, 1.54) is 23.7 Å². The summed E-state index contributed by atoms with van der Waals surface area (Å²) in [5, 5.41) is 9.34. The number of fused-ring (bicyclic) bond motifs is 1. The summed E-state index contributed by atoms with van der Waals surface area (Å²) in [5.41, 5.74) is 3.90. The van der Waals surface area contributed by atoms with Crippen molar-refractivity contribution >= 4 is 44.0 Å². The second-order valence-electron chi connectivity index (χ2n) is 9.67. The molecule has 1 aliphatic rings. The Morgan fingerprint density at radius 2 is 2.15 bits per heavy atom. The van der Waals surface area contributed by atoms with E-state index in [1.54, 1.807) is 30.5 Å². The smallest absolute Gasteiger partial charge is 0.274 e. The van der Waals surface area contributed by atoms with E-state index in [1.807, 2.05) is 16.7 Å². The first-order valence-corrected chi connectivity index (χ1v) is 15.5. The minimum atomic E-state index is -2.68. The molecule has 4 aromatic rings. The lowest BCUT2D eigenvalue weighted by Gasteiger charge is -2.26. The lowest BCUT2D eigenvalue weighted by molar-refractivity contribution is 0.112. The molecule has 1 unspecified atom stereocenters. The molecule has 0 saturated heterocycles. The van der Waals surface area contributed by atoms with Crippen LogP contribution in [-0.4, -0.2) is 55.0 Å². The number of benzene rings is 2. The minimum Gasteiger partial charge on any atom is -0.465 e. The Labute approximate surface area is 235 Å². The monoisotopic (exact) mass is 578 g/mol. The van der Waals surface area contributed by atoms with Crippen LogP contribution in [0.1, 0.15) is 38.6 Å². The first-order chi connectivity index (χ1) is 19.2. The van der Waals surface area contributed by atoms with E-state index in [0.717, 1.165) is 46.6 Å². The number of hydrogen-bond acceptors (Lipinski definition) is 9. The molecule has 1 atom stereocenters. The molecule has 0 bridgehead atoms. The molecule has 2 aromatic heterocycles. The maximum atomic E-state index is 14.1. The standard InChI is InChI=1S/C28H27FN6O3S2/c1-40(31,37)11-10-35-25-13-20(17-36)3-5-24(25)33-27(35)16-34-8-6-21(7-9-34)26-15-32-28(39-26)38-18-22-4-2-19(14-30)12-23(22)29/h2-6,12-13,15,17,31H,7-11,16,18H2,1H3. The van der Waals surface area contributed by atoms with E-state index < -0.39 is 15.5 Å². The van der Waals surface area contributed by atoms with Gasteiger partial charge in [-0.05, 0) is 42.3 Å². The molecule has 0 aliphatic carbocycles. The summed E-state index contributed by atoms with van der Waals surface area (Å²) < 4.78 is 41.7. The maximum Gasteiger partial charge on any atom is 0.274 e. The number of carbonyl (C=O) groups excluding carboxylic acids is 1. The van der Waals surface area contributed by atoms with Crippen LogP contribution in [0.15, 0.2) is 48.7 Å². The zero-order valence-corrected chi connectivity index (χ0v) is 23.4. The largest absolute Gasteiger partial charge is 0.465 e. The SMILES string of the molecule is CS(=N)(=O)CCn1c(CN2CC=C(c3cnc(OCc4ccc(C#N)cc4F)s3)CC2)nc2ccc(C=O)cc21. The molecule has 0 spiro atoms. The van der Waals surface area contributed by atoms with Crippen LogP contribution in [0.2, 0.25) is 0 Å². The third-order valence-electron chi connectivity index (χ3n) is 6.68. The third-order valence-corrected chi connectivity index (χ3v) is 8.63. The van der Waals surface area contributed by atoms with Crippen molar-refractivity contribution in [1.82, 2.24) is 19.4 Å². The quantitative estimate of drug-likeness (QED) is 0.266. The fourth-order valence-electron chi connectivity index (χ4n) is 4.52. The number of hydrogen-bond donors (Lipinski definition) is 1. The van der Waals surface area contributed by atoms with Crippen LogP contribution in [0.5, 0.6) is 5.19 Å². The highest BCUT2D eigenvalue weighted by Crippen LogP contribution is 2.32. The van der Waals surface area contributed by atoms with Crippen molar-refractivity contribution in [2.45, 2.75) is 26.1 Å². The van der Waals surface area contributed by atoms with Gasteiger partial charge in [-0.1, -0.05) is 23.5 Å². The van der Waals surface area contributed by atoms with Crippen molar-refractivity contribution in [3.05, 3.63) is 81.9 Å². The van der Waals surface area contributed by atoms with Crippen molar-refractivity contribution in [1.29, 1.82) is 10.0 Å². The molecule has 5 rings (SSSR count). The number of aldehydes is 1. The first kappa shape index (κ1) is 27.6. The summed E-state index contributed by atoms with van der Waals surface area (Å²) >= 11 is 1.41. The van der Waals surface area contributed by atoms with Gasteiger partial charge in [0.2, 0.25) is 0 Å². The molecule has 1 N–H and O–H groups in total. The summed E-state index contributed by atoms with van der Waals surface area (Å²) in [5.74, 6) is 0.530. The van der Waals surface area contributed by atoms with Gasteiger partial charge in [0.15, 0.2) is 0 Å². The number of nitriles is 1. The number of halogens is 1. The van der Waals surface area contributed by atoms with Crippen molar-refractivity contribution in [3.63, 3.8) is 0 Å². The maximum absolute atomic E-state index is 14.1. The fraction of sp³-hybridized carbons (Fsp3) is 0.286. The lowest BCUT2D eigenvalue weighted by Crippen LogP contribution is -2.29. The van der Waals surface area contributed by atoms with E-state index in [4.69, 9.17) is 19.8 Å². The summed E-state index contributed by atoms with van der Waals surface area (Å²) in [6.45, 7) is 2.48. The van der Waals surface area contributed by atoms with Crippen molar-refractivity contribution in [3.8, 4) is 11.3 Å². The topological polar surface area (TPSA) is 125 Å². The number of aryl methyl sites for hydroxylation is 1. The highest BCUT2D eigenvalue weighted by Gasteiger charge is 2.20. The summed E-state index contributed by atoms with van der Waals surface area (Å²) in [6.07, 6.45) is 6.95. The average Bonchev–Trinajstić information content (AvgIpc) is 3.55. The van der Waals surface area contributed by atoms with Gasteiger partial charge >= 0.3 is 0 Å². The molecule has 0 fully saturated rings. The second-order valence-corrected chi connectivity index (χ2v) is 13.1. The van der Waals surface area contributed by atoms with E-state index >= 15 is 0 Å². The Balaban J connectivity index is 1.25. The van der Waals surface area contributed by atoms with Crippen LogP contribution < -0.4 is 4.74 Å². The number of nitrogens with zero attached hydrogens (tertiary/aromatic N) is 5. The van der Waals surface area contributed by atoms with E-state index in [-0.39, 0.29) is 17.9 Å². The van der Waals surface area contributed by atoms with Crippen molar-refractivity contribution < 1.29 is 18.1 Å². The average molecular weight is 579 g/mol. The minimum absolute atomic E-state index is 0.0276. The van der Waals surface area contributed by atoms with Gasteiger partial charge in [0, 0.05) is 58.7 Å². The Hall–Kier alpha value is -3.92. The summed E-state index contributed by atoms with van der Waals surface area (Å²) in [7, 11) is -2.68. The van der Waals surface area contributed by atoms with Crippen LogP contribution in [-0.2, 0) is 29.4 Å². The van der Waals surface area contributed by atoms with E-state index in [9.17, 15) is 13.4 Å².